The molecule has 0 aliphatic rings. The Morgan fingerprint density at radius 2 is 1.94 bits per heavy atom. The molecular formula is C25H38FN5O. The molecule has 1 aromatic heterocycles. The second-order valence-electron chi connectivity index (χ2n) is 7.94. The lowest BCUT2D eigenvalue weighted by molar-refractivity contribution is 0.374. The zero-order valence-corrected chi connectivity index (χ0v) is 19.8. The SMILES string of the molecule is CCCCC(CNCCC)Cn1cccc(C(=N)N=C(C)N)c1=O.Cc1ccccc1F. The zero-order valence-electron chi connectivity index (χ0n) is 19.8. The first-order valence-electron chi connectivity index (χ1n) is 11.3. The lowest BCUT2D eigenvalue weighted by Gasteiger charge is -2.19. The van der Waals surface area contributed by atoms with Crippen molar-refractivity contribution in [2.24, 2.45) is 16.6 Å². The van der Waals surface area contributed by atoms with Crippen molar-refractivity contribution in [1.29, 1.82) is 5.41 Å². The number of aliphatic imine (C=N–C) groups is 1. The van der Waals surface area contributed by atoms with Crippen LogP contribution in [0.15, 0.2) is 52.4 Å². The monoisotopic (exact) mass is 443 g/mol. The molecule has 1 heterocycles. The fraction of sp³-hybridized carbons (Fsp3) is 0.480. The topological polar surface area (TPSA) is 96.3 Å². The molecule has 176 valence electrons. The maximum absolute atomic E-state index is 12.6. The Morgan fingerprint density at radius 3 is 2.50 bits per heavy atom. The number of aryl methyl sites for hydroxylation is 1. The highest BCUT2D eigenvalue weighted by Crippen LogP contribution is 2.10. The molecule has 32 heavy (non-hydrogen) atoms. The maximum atomic E-state index is 12.6. The molecule has 0 amide bonds. The molecule has 0 fully saturated rings. The lowest BCUT2D eigenvalue weighted by atomic mass is 10.0. The van der Waals surface area contributed by atoms with Gasteiger partial charge in [0, 0.05) is 12.7 Å². The van der Waals surface area contributed by atoms with Crippen LogP contribution in [-0.4, -0.2) is 29.3 Å². The number of benzene rings is 1. The van der Waals surface area contributed by atoms with E-state index in [1.165, 1.54) is 6.07 Å². The summed E-state index contributed by atoms with van der Waals surface area (Å²) in [5, 5.41) is 11.4. The van der Waals surface area contributed by atoms with Crippen LogP contribution in [0.4, 0.5) is 4.39 Å². The highest BCUT2D eigenvalue weighted by molar-refractivity contribution is 6.03. The Bertz CT molecular complexity index is 898. The van der Waals surface area contributed by atoms with E-state index in [9.17, 15) is 9.18 Å². The molecule has 0 radical (unpaired) electrons. The van der Waals surface area contributed by atoms with Gasteiger partial charge in [-0.15, -0.1) is 0 Å². The van der Waals surface area contributed by atoms with Gasteiger partial charge in [-0.25, -0.2) is 9.38 Å². The van der Waals surface area contributed by atoms with Gasteiger partial charge in [-0.3, -0.25) is 10.2 Å². The largest absolute Gasteiger partial charge is 0.387 e. The molecule has 1 unspecified atom stereocenters. The Kier molecular flexibility index (Phi) is 12.8. The standard InChI is InChI=1S/C18H31N5O.C7H7F/c1-4-6-8-15(12-21-10-5-2)13-23-11-7-9-16(18(23)24)17(20)22-14(3)19;1-6-4-2-3-5-7(6)8/h7,9,11,15,21H,4-6,8,10,12-13H2,1-3H3,(H3,19,20,22);2-5H,1H3. The van der Waals surface area contributed by atoms with Crippen LogP contribution in [0.2, 0.25) is 0 Å². The molecule has 2 aromatic rings. The summed E-state index contributed by atoms with van der Waals surface area (Å²) in [6, 6.07) is 10.1. The summed E-state index contributed by atoms with van der Waals surface area (Å²) < 4.78 is 14.0. The number of nitrogens with zero attached hydrogens (tertiary/aromatic N) is 2. The number of halogens is 1. The number of nitrogens with two attached hydrogens (primary N) is 1. The first-order chi connectivity index (χ1) is 15.3. The first kappa shape index (κ1) is 27.2. The third-order valence-corrected chi connectivity index (χ3v) is 4.92. The van der Waals surface area contributed by atoms with Crippen LogP contribution in [0, 0.1) is 24.1 Å². The number of unbranched alkanes of at least 4 members (excludes halogenated alkanes) is 1. The molecule has 0 spiro atoms. The van der Waals surface area contributed by atoms with Crippen LogP contribution in [-0.2, 0) is 6.54 Å². The van der Waals surface area contributed by atoms with Crippen molar-refractivity contribution in [1.82, 2.24) is 9.88 Å². The van der Waals surface area contributed by atoms with Crippen molar-refractivity contribution in [3.05, 3.63) is 69.9 Å². The summed E-state index contributed by atoms with van der Waals surface area (Å²) in [5.41, 5.74) is 6.33. The summed E-state index contributed by atoms with van der Waals surface area (Å²) >= 11 is 0. The summed E-state index contributed by atoms with van der Waals surface area (Å²) in [6.07, 6.45) is 6.27. The minimum atomic E-state index is -0.176. The van der Waals surface area contributed by atoms with E-state index in [2.05, 4.69) is 24.2 Å². The van der Waals surface area contributed by atoms with E-state index in [1.807, 2.05) is 6.07 Å². The molecule has 0 bridgehead atoms. The molecule has 0 aliphatic heterocycles. The highest BCUT2D eigenvalue weighted by Gasteiger charge is 2.13. The predicted octanol–water partition coefficient (Wildman–Crippen LogP) is 4.49. The van der Waals surface area contributed by atoms with Gasteiger partial charge in [0.2, 0.25) is 0 Å². The lowest BCUT2D eigenvalue weighted by Crippen LogP contribution is -2.32. The zero-order chi connectivity index (χ0) is 23.9. The van der Waals surface area contributed by atoms with Crippen LogP contribution in [0.3, 0.4) is 0 Å². The summed E-state index contributed by atoms with van der Waals surface area (Å²) in [6.45, 7) is 10.2. The number of nitrogens with one attached hydrogen (secondary N) is 2. The molecule has 7 heteroatoms. The molecule has 1 aromatic carbocycles. The van der Waals surface area contributed by atoms with Crippen molar-refractivity contribution in [3.63, 3.8) is 0 Å². The van der Waals surface area contributed by atoms with Crippen LogP contribution in [0.1, 0.15) is 57.6 Å². The first-order valence-corrected chi connectivity index (χ1v) is 11.3. The number of pyridine rings is 1. The van der Waals surface area contributed by atoms with E-state index in [4.69, 9.17) is 11.1 Å². The quantitative estimate of drug-likeness (QED) is 0.287. The third kappa shape index (κ3) is 10.0. The van der Waals surface area contributed by atoms with Crippen LogP contribution in [0.5, 0.6) is 0 Å². The van der Waals surface area contributed by atoms with Gasteiger partial charge in [-0.1, -0.05) is 44.9 Å². The maximum Gasteiger partial charge on any atom is 0.261 e. The Hall–Kier alpha value is -2.80. The average molecular weight is 444 g/mol. The summed E-state index contributed by atoms with van der Waals surface area (Å²) in [5.74, 6) is 0.467. The molecule has 0 saturated carbocycles. The van der Waals surface area contributed by atoms with E-state index in [1.54, 1.807) is 48.9 Å². The van der Waals surface area contributed by atoms with Crippen molar-refractivity contribution < 1.29 is 4.39 Å². The van der Waals surface area contributed by atoms with Gasteiger partial charge in [0.1, 0.15) is 5.82 Å². The Balaban J connectivity index is 0.000000533. The minimum absolute atomic E-state index is 0.0800. The van der Waals surface area contributed by atoms with Gasteiger partial charge < -0.3 is 15.6 Å². The molecule has 6 nitrogen and oxygen atoms in total. The summed E-state index contributed by atoms with van der Waals surface area (Å²) in [4.78, 5) is 16.5. The smallest absolute Gasteiger partial charge is 0.261 e. The van der Waals surface area contributed by atoms with Crippen molar-refractivity contribution in [3.8, 4) is 0 Å². The van der Waals surface area contributed by atoms with Crippen molar-refractivity contribution >= 4 is 11.7 Å². The Labute approximate surface area is 191 Å². The van der Waals surface area contributed by atoms with Crippen LogP contribution in [0.25, 0.3) is 0 Å². The third-order valence-electron chi connectivity index (χ3n) is 4.92. The van der Waals surface area contributed by atoms with Gasteiger partial charge >= 0.3 is 0 Å². The fourth-order valence-electron chi connectivity index (χ4n) is 3.16. The minimum Gasteiger partial charge on any atom is -0.387 e. The van der Waals surface area contributed by atoms with E-state index in [-0.39, 0.29) is 28.6 Å². The molecule has 0 aliphatic carbocycles. The number of amidine groups is 2. The van der Waals surface area contributed by atoms with Gasteiger partial charge in [0.05, 0.1) is 11.4 Å². The van der Waals surface area contributed by atoms with Gasteiger partial charge in [-0.05, 0) is 69.5 Å². The number of hydrogen-bond acceptors (Lipinski definition) is 3. The second-order valence-corrected chi connectivity index (χ2v) is 7.94. The molecular weight excluding hydrogens is 405 g/mol. The molecule has 4 N–H and O–H groups in total. The predicted molar refractivity (Wildman–Crippen MR) is 132 cm³/mol. The van der Waals surface area contributed by atoms with Crippen molar-refractivity contribution in [2.45, 2.75) is 59.9 Å². The average Bonchev–Trinajstić information content (AvgIpc) is 2.75. The van der Waals surface area contributed by atoms with Gasteiger partial charge in [0.15, 0.2) is 5.84 Å². The van der Waals surface area contributed by atoms with Crippen LogP contribution >= 0.6 is 0 Å². The fourth-order valence-corrected chi connectivity index (χ4v) is 3.16. The van der Waals surface area contributed by atoms with Gasteiger partial charge in [0.25, 0.3) is 5.56 Å². The normalized spacial score (nSPS) is 12.1. The van der Waals surface area contributed by atoms with Crippen molar-refractivity contribution in [2.75, 3.05) is 13.1 Å². The van der Waals surface area contributed by atoms with E-state index < -0.39 is 0 Å². The number of rotatable bonds is 10. The molecule has 0 saturated heterocycles. The van der Waals surface area contributed by atoms with E-state index >= 15 is 0 Å². The molecule has 2 rings (SSSR count). The summed E-state index contributed by atoms with van der Waals surface area (Å²) in [7, 11) is 0. The second kappa shape index (κ2) is 15.1. The number of aromatic nitrogens is 1. The van der Waals surface area contributed by atoms with Crippen LogP contribution < -0.4 is 16.6 Å². The van der Waals surface area contributed by atoms with Gasteiger partial charge in [-0.2, -0.15) is 0 Å². The van der Waals surface area contributed by atoms with E-state index in [0.717, 1.165) is 38.8 Å². The van der Waals surface area contributed by atoms with E-state index in [0.29, 0.717) is 18.0 Å². The Morgan fingerprint density at radius 1 is 1.22 bits per heavy atom. The highest BCUT2D eigenvalue weighted by atomic mass is 19.1. The molecule has 1 atom stereocenters. The number of hydrogen-bond donors (Lipinski definition) is 3.